The van der Waals surface area contributed by atoms with Crippen molar-refractivity contribution in [1.82, 2.24) is 0 Å². The van der Waals surface area contributed by atoms with Crippen LogP contribution in [0.1, 0.15) is 18.9 Å². The average Bonchev–Trinajstić information content (AvgIpc) is 2.46. The lowest BCUT2D eigenvalue weighted by molar-refractivity contribution is 0.317. The van der Waals surface area contributed by atoms with Crippen molar-refractivity contribution in [2.75, 3.05) is 11.9 Å². The van der Waals surface area contributed by atoms with Crippen LogP contribution in [0.3, 0.4) is 0 Å². The summed E-state index contributed by atoms with van der Waals surface area (Å²) in [6, 6.07) is 13.9. The fourth-order valence-corrected chi connectivity index (χ4v) is 2.34. The molecule has 106 valence electrons. The molecule has 2 rings (SSSR count). The third-order valence-corrected chi connectivity index (χ3v) is 3.61. The molecule has 0 radical (unpaired) electrons. The van der Waals surface area contributed by atoms with Crippen LogP contribution in [0.5, 0.6) is 5.75 Å². The Bertz CT molecular complexity index is 574. The molecule has 0 heterocycles. The molecule has 0 atom stereocenters. The highest BCUT2D eigenvalue weighted by molar-refractivity contribution is 9.10. The number of ether oxygens (including phenoxy) is 1. The Hall–Kier alpha value is -1.19. The lowest BCUT2D eigenvalue weighted by atomic mass is 10.2. The van der Waals surface area contributed by atoms with Crippen molar-refractivity contribution in [3.05, 3.63) is 57.5 Å². The summed E-state index contributed by atoms with van der Waals surface area (Å²) in [4.78, 5) is 0. The van der Waals surface area contributed by atoms with Gasteiger partial charge in [0.05, 0.1) is 17.3 Å². The van der Waals surface area contributed by atoms with Crippen molar-refractivity contribution in [3.8, 4) is 5.75 Å². The summed E-state index contributed by atoms with van der Waals surface area (Å²) in [6.45, 7) is 3.55. The second-order valence-electron chi connectivity index (χ2n) is 4.47. The van der Waals surface area contributed by atoms with Crippen molar-refractivity contribution in [3.63, 3.8) is 0 Å². The van der Waals surface area contributed by atoms with Gasteiger partial charge in [0, 0.05) is 11.0 Å². The number of hydrogen-bond acceptors (Lipinski definition) is 2. The van der Waals surface area contributed by atoms with Crippen LogP contribution in [0.2, 0.25) is 5.02 Å². The standard InChI is InChI=1S/C16H17BrClNO/c1-2-8-20-14-5-3-4-12(9-14)11-19-16-10-13(17)6-7-15(16)18/h3-7,9-10,19H,2,8,11H2,1H3. The maximum atomic E-state index is 6.15. The van der Waals surface area contributed by atoms with Gasteiger partial charge in [0.1, 0.15) is 5.75 Å². The van der Waals surface area contributed by atoms with Crippen LogP contribution in [-0.2, 0) is 6.54 Å². The molecule has 2 aromatic rings. The molecule has 0 aliphatic rings. The maximum Gasteiger partial charge on any atom is 0.119 e. The molecule has 0 bridgehead atoms. The lowest BCUT2D eigenvalue weighted by Gasteiger charge is -2.10. The van der Waals surface area contributed by atoms with Crippen molar-refractivity contribution >= 4 is 33.2 Å². The molecule has 1 N–H and O–H groups in total. The second kappa shape index (κ2) is 7.55. The predicted molar refractivity (Wildman–Crippen MR) is 88.7 cm³/mol. The van der Waals surface area contributed by atoms with E-state index in [-0.39, 0.29) is 0 Å². The second-order valence-corrected chi connectivity index (χ2v) is 5.80. The zero-order chi connectivity index (χ0) is 14.4. The largest absolute Gasteiger partial charge is 0.494 e. The van der Waals surface area contributed by atoms with Crippen LogP contribution in [0.15, 0.2) is 46.9 Å². The Morgan fingerprint density at radius 3 is 2.85 bits per heavy atom. The van der Waals surface area contributed by atoms with E-state index in [0.29, 0.717) is 11.6 Å². The SMILES string of the molecule is CCCOc1cccc(CNc2cc(Br)ccc2Cl)c1. The van der Waals surface area contributed by atoms with E-state index < -0.39 is 0 Å². The summed E-state index contributed by atoms with van der Waals surface area (Å²) in [5, 5.41) is 4.05. The molecule has 20 heavy (non-hydrogen) atoms. The fraction of sp³-hybridized carbons (Fsp3) is 0.250. The zero-order valence-corrected chi connectivity index (χ0v) is 13.7. The van der Waals surface area contributed by atoms with E-state index in [1.807, 2.05) is 30.3 Å². The summed E-state index contributed by atoms with van der Waals surface area (Å²) < 4.78 is 6.63. The maximum absolute atomic E-state index is 6.15. The molecule has 4 heteroatoms. The van der Waals surface area contributed by atoms with E-state index in [1.165, 1.54) is 0 Å². The average molecular weight is 355 g/mol. The number of benzene rings is 2. The Morgan fingerprint density at radius 1 is 1.20 bits per heavy atom. The van der Waals surface area contributed by atoms with Gasteiger partial charge >= 0.3 is 0 Å². The summed E-state index contributed by atoms with van der Waals surface area (Å²) >= 11 is 9.60. The van der Waals surface area contributed by atoms with Gasteiger partial charge < -0.3 is 10.1 Å². The topological polar surface area (TPSA) is 21.3 Å². The fourth-order valence-electron chi connectivity index (χ4n) is 1.80. The number of rotatable bonds is 6. The summed E-state index contributed by atoms with van der Waals surface area (Å²) in [5.74, 6) is 0.909. The minimum absolute atomic E-state index is 0.708. The molecule has 2 aromatic carbocycles. The zero-order valence-electron chi connectivity index (χ0n) is 11.3. The molecule has 2 nitrogen and oxygen atoms in total. The summed E-state index contributed by atoms with van der Waals surface area (Å²) in [7, 11) is 0. The monoisotopic (exact) mass is 353 g/mol. The third-order valence-electron chi connectivity index (χ3n) is 2.78. The smallest absolute Gasteiger partial charge is 0.119 e. The van der Waals surface area contributed by atoms with Gasteiger partial charge in [0.25, 0.3) is 0 Å². The summed E-state index contributed by atoms with van der Waals surface area (Å²) in [5.41, 5.74) is 2.08. The molecule has 0 aromatic heterocycles. The third kappa shape index (κ3) is 4.43. The number of nitrogens with one attached hydrogen (secondary N) is 1. The minimum Gasteiger partial charge on any atom is -0.494 e. The van der Waals surface area contributed by atoms with Gasteiger partial charge in [-0.3, -0.25) is 0 Å². The van der Waals surface area contributed by atoms with E-state index in [0.717, 1.165) is 34.5 Å². The Kier molecular flexibility index (Phi) is 5.74. The number of hydrogen-bond donors (Lipinski definition) is 1. The van der Waals surface area contributed by atoms with Gasteiger partial charge in [-0.15, -0.1) is 0 Å². The van der Waals surface area contributed by atoms with Crippen LogP contribution in [0, 0.1) is 0 Å². The van der Waals surface area contributed by atoms with Crippen LogP contribution in [0.4, 0.5) is 5.69 Å². The van der Waals surface area contributed by atoms with Gasteiger partial charge in [-0.05, 0) is 42.3 Å². The van der Waals surface area contributed by atoms with Gasteiger partial charge in [-0.1, -0.05) is 46.6 Å². The molecule has 0 aliphatic heterocycles. The van der Waals surface area contributed by atoms with E-state index in [4.69, 9.17) is 16.3 Å². The first-order valence-electron chi connectivity index (χ1n) is 6.59. The van der Waals surface area contributed by atoms with Crippen LogP contribution in [-0.4, -0.2) is 6.61 Å². The molecule has 0 spiro atoms. The minimum atomic E-state index is 0.708. The van der Waals surface area contributed by atoms with E-state index in [9.17, 15) is 0 Å². The van der Waals surface area contributed by atoms with Crippen LogP contribution < -0.4 is 10.1 Å². The number of anilines is 1. The van der Waals surface area contributed by atoms with Crippen molar-refractivity contribution < 1.29 is 4.74 Å². The first-order chi connectivity index (χ1) is 9.69. The molecular weight excluding hydrogens is 338 g/mol. The molecule has 0 saturated carbocycles. The highest BCUT2D eigenvalue weighted by Gasteiger charge is 2.02. The van der Waals surface area contributed by atoms with Crippen LogP contribution >= 0.6 is 27.5 Å². The highest BCUT2D eigenvalue weighted by atomic mass is 79.9. The first kappa shape index (κ1) is 15.2. The quantitative estimate of drug-likeness (QED) is 0.739. The van der Waals surface area contributed by atoms with Gasteiger partial charge in [-0.2, -0.15) is 0 Å². The van der Waals surface area contributed by atoms with Gasteiger partial charge in [-0.25, -0.2) is 0 Å². The Balaban J connectivity index is 2.01. The molecule has 0 fully saturated rings. The van der Waals surface area contributed by atoms with Crippen LogP contribution in [0.25, 0.3) is 0 Å². The molecule has 0 saturated heterocycles. The van der Waals surface area contributed by atoms with E-state index in [2.05, 4.69) is 40.3 Å². The Morgan fingerprint density at radius 2 is 2.05 bits per heavy atom. The molecule has 0 unspecified atom stereocenters. The molecule has 0 aliphatic carbocycles. The van der Waals surface area contributed by atoms with E-state index in [1.54, 1.807) is 0 Å². The molecule has 0 amide bonds. The van der Waals surface area contributed by atoms with Crippen molar-refractivity contribution in [2.24, 2.45) is 0 Å². The van der Waals surface area contributed by atoms with E-state index >= 15 is 0 Å². The Labute approximate surface area is 133 Å². The van der Waals surface area contributed by atoms with Crippen molar-refractivity contribution in [1.29, 1.82) is 0 Å². The first-order valence-corrected chi connectivity index (χ1v) is 7.77. The number of halogens is 2. The molecular formula is C16H17BrClNO. The summed E-state index contributed by atoms with van der Waals surface area (Å²) in [6.07, 6.45) is 1.01. The van der Waals surface area contributed by atoms with Crippen molar-refractivity contribution in [2.45, 2.75) is 19.9 Å². The predicted octanol–water partition coefficient (Wildman–Crippen LogP) is 5.50. The van der Waals surface area contributed by atoms with Gasteiger partial charge in [0.15, 0.2) is 0 Å². The van der Waals surface area contributed by atoms with Gasteiger partial charge in [0.2, 0.25) is 0 Å². The normalized spacial score (nSPS) is 10.3. The lowest BCUT2D eigenvalue weighted by Crippen LogP contribution is -2.01. The highest BCUT2D eigenvalue weighted by Crippen LogP contribution is 2.26.